The van der Waals surface area contributed by atoms with Crippen molar-refractivity contribution in [3.05, 3.63) is 43.0 Å². The summed E-state index contributed by atoms with van der Waals surface area (Å²) in [6.07, 6.45) is 5.03. The highest BCUT2D eigenvalue weighted by atomic mass is 15.2. The predicted molar refractivity (Wildman–Crippen MR) is 81.1 cm³/mol. The van der Waals surface area contributed by atoms with Gasteiger partial charge in [0.05, 0.1) is 0 Å². The number of nitrogen functional groups attached to an aromatic ring is 1. The van der Waals surface area contributed by atoms with Gasteiger partial charge in [0.25, 0.3) is 0 Å². The van der Waals surface area contributed by atoms with Gasteiger partial charge in [-0.15, -0.1) is 0 Å². The Labute approximate surface area is 122 Å². The van der Waals surface area contributed by atoms with Crippen molar-refractivity contribution in [3.63, 3.8) is 0 Å². The average molecular weight is 281 g/mol. The Morgan fingerprint density at radius 2 is 1.81 bits per heavy atom. The summed E-state index contributed by atoms with van der Waals surface area (Å²) in [6.45, 7) is 0. The monoisotopic (exact) mass is 281 g/mol. The first-order valence-electron chi connectivity index (χ1n) is 6.41. The minimum atomic E-state index is 0.181. The van der Waals surface area contributed by atoms with E-state index < -0.39 is 0 Å². The molecule has 0 radical (unpaired) electrons. The maximum absolute atomic E-state index is 5.78. The third-order valence-corrected chi connectivity index (χ3v) is 3.02. The van der Waals surface area contributed by atoms with E-state index in [4.69, 9.17) is 5.73 Å². The lowest BCUT2D eigenvalue weighted by Crippen LogP contribution is -2.08. The molecule has 0 atom stereocenters. The SMILES string of the molecule is CN(C)c1ccc(-c2nc(N)nc(-n3ccnc3)n2)cc1. The third-order valence-electron chi connectivity index (χ3n) is 3.02. The van der Waals surface area contributed by atoms with E-state index in [-0.39, 0.29) is 5.95 Å². The van der Waals surface area contributed by atoms with Crippen LogP contribution in [0.2, 0.25) is 0 Å². The minimum Gasteiger partial charge on any atom is -0.378 e. The van der Waals surface area contributed by atoms with Crippen molar-refractivity contribution in [2.75, 3.05) is 24.7 Å². The molecule has 0 saturated heterocycles. The largest absolute Gasteiger partial charge is 0.378 e. The smallest absolute Gasteiger partial charge is 0.240 e. The highest BCUT2D eigenvalue weighted by Gasteiger charge is 2.08. The van der Waals surface area contributed by atoms with Crippen LogP contribution in [-0.4, -0.2) is 38.6 Å². The van der Waals surface area contributed by atoms with Gasteiger partial charge < -0.3 is 10.6 Å². The quantitative estimate of drug-likeness (QED) is 0.780. The normalized spacial score (nSPS) is 10.6. The van der Waals surface area contributed by atoms with E-state index in [1.54, 1.807) is 23.3 Å². The molecule has 3 aromatic rings. The fourth-order valence-electron chi connectivity index (χ4n) is 1.91. The van der Waals surface area contributed by atoms with Crippen LogP contribution in [0.5, 0.6) is 0 Å². The number of nitrogens with zero attached hydrogens (tertiary/aromatic N) is 6. The van der Waals surface area contributed by atoms with Crippen LogP contribution in [0, 0.1) is 0 Å². The molecule has 1 aromatic carbocycles. The summed E-state index contributed by atoms with van der Waals surface area (Å²) in [5, 5.41) is 0. The van der Waals surface area contributed by atoms with Crippen LogP contribution >= 0.6 is 0 Å². The van der Waals surface area contributed by atoms with Gasteiger partial charge in [0, 0.05) is 37.7 Å². The molecular formula is C14H15N7. The summed E-state index contributed by atoms with van der Waals surface area (Å²) < 4.78 is 1.69. The molecule has 2 N–H and O–H groups in total. The van der Waals surface area contributed by atoms with E-state index in [0.29, 0.717) is 11.8 Å². The number of anilines is 2. The van der Waals surface area contributed by atoms with Crippen LogP contribution in [0.15, 0.2) is 43.0 Å². The van der Waals surface area contributed by atoms with Crippen molar-refractivity contribution in [2.24, 2.45) is 0 Å². The van der Waals surface area contributed by atoms with Gasteiger partial charge in [-0.25, -0.2) is 4.98 Å². The molecule has 0 amide bonds. The topological polar surface area (TPSA) is 85.8 Å². The van der Waals surface area contributed by atoms with Crippen LogP contribution in [0.4, 0.5) is 11.6 Å². The molecule has 106 valence electrons. The lowest BCUT2D eigenvalue weighted by Gasteiger charge is -2.12. The zero-order valence-corrected chi connectivity index (χ0v) is 11.8. The highest BCUT2D eigenvalue weighted by molar-refractivity contribution is 5.61. The van der Waals surface area contributed by atoms with Gasteiger partial charge in [0.2, 0.25) is 11.9 Å². The molecule has 0 aliphatic rings. The van der Waals surface area contributed by atoms with Crippen molar-refractivity contribution in [1.29, 1.82) is 0 Å². The number of imidazole rings is 1. The Hall–Kier alpha value is -2.96. The zero-order valence-electron chi connectivity index (χ0n) is 11.8. The van der Waals surface area contributed by atoms with E-state index in [1.807, 2.05) is 43.3 Å². The molecule has 21 heavy (non-hydrogen) atoms. The second-order valence-corrected chi connectivity index (χ2v) is 4.73. The molecule has 0 unspecified atom stereocenters. The van der Waals surface area contributed by atoms with Crippen molar-refractivity contribution in [3.8, 4) is 17.3 Å². The Morgan fingerprint density at radius 1 is 1.05 bits per heavy atom. The minimum absolute atomic E-state index is 0.181. The van der Waals surface area contributed by atoms with E-state index in [2.05, 4.69) is 19.9 Å². The third kappa shape index (κ3) is 2.66. The highest BCUT2D eigenvalue weighted by Crippen LogP contribution is 2.20. The summed E-state index contributed by atoms with van der Waals surface area (Å²) in [6, 6.07) is 7.93. The molecule has 2 heterocycles. The number of rotatable bonds is 3. The summed E-state index contributed by atoms with van der Waals surface area (Å²) in [4.78, 5) is 18.8. The van der Waals surface area contributed by atoms with Crippen molar-refractivity contribution >= 4 is 11.6 Å². The number of benzene rings is 1. The first-order chi connectivity index (χ1) is 10.1. The molecule has 0 spiro atoms. The van der Waals surface area contributed by atoms with Crippen molar-refractivity contribution in [1.82, 2.24) is 24.5 Å². The molecule has 2 aromatic heterocycles. The Bertz CT molecular complexity index is 733. The van der Waals surface area contributed by atoms with Gasteiger partial charge >= 0.3 is 0 Å². The Balaban J connectivity index is 2.02. The van der Waals surface area contributed by atoms with E-state index in [9.17, 15) is 0 Å². The van der Waals surface area contributed by atoms with Gasteiger partial charge in [-0.05, 0) is 24.3 Å². The average Bonchev–Trinajstić information content (AvgIpc) is 3.01. The molecule has 0 saturated carbocycles. The molecule has 0 fully saturated rings. The summed E-state index contributed by atoms with van der Waals surface area (Å²) >= 11 is 0. The predicted octanol–water partition coefficient (Wildman–Crippen LogP) is 1.37. The fourth-order valence-corrected chi connectivity index (χ4v) is 1.91. The summed E-state index contributed by atoms with van der Waals surface area (Å²) in [5.74, 6) is 1.17. The molecule has 0 bridgehead atoms. The molecule has 7 nitrogen and oxygen atoms in total. The van der Waals surface area contributed by atoms with Crippen molar-refractivity contribution in [2.45, 2.75) is 0 Å². The van der Waals surface area contributed by atoms with E-state index in [0.717, 1.165) is 11.3 Å². The number of hydrogen-bond acceptors (Lipinski definition) is 6. The van der Waals surface area contributed by atoms with Crippen LogP contribution in [0.3, 0.4) is 0 Å². The van der Waals surface area contributed by atoms with Gasteiger partial charge in [0.1, 0.15) is 6.33 Å². The number of hydrogen-bond donors (Lipinski definition) is 1. The van der Waals surface area contributed by atoms with Crippen molar-refractivity contribution < 1.29 is 0 Å². The van der Waals surface area contributed by atoms with Gasteiger partial charge in [-0.3, -0.25) is 4.57 Å². The molecule has 7 heteroatoms. The Kier molecular flexibility index (Phi) is 3.23. The van der Waals surface area contributed by atoms with E-state index >= 15 is 0 Å². The second-order valence-electron chi connectivity index (χ2n) is 4.73. The summed E-state index contributed by atoms with van der Waals surface area (Å²) in [7, 11) is 3.99. The fraction of sp³-hybridized carbons (Fsp3) is 0.143. The maximum Gasteiger partial charge on any atom is 0.240 e. The molecule has 3 rings (SSSR count). The van der Waals surface area contributed by atoms with Crippen LogP contribution in [-0.2, 0) is 0 Å². The zero-order chi connectivity index (χ0) is 14.8. The van der Waals surface area contributed by atoms with Gasteiger partial charge in [0.15, 0.2) is 5.82 Å². The number of nitrogens with two attached hydrogens (primary N) is 1. The van der Waals surface area contributed by atoms with E-state index in [1.165, 1.54) is 0 Å². The lowest BCUT2D eigenvalue weighted by atomic mass is 10.2. The first-order valence-corrected chi connectivity index (χ1v) is 6.41. The molecule has 0 aliphatic heterocycles. The standard InChI is InChI=1S/C14H15N7/c1-20(2)11-5-3-10(4-6-11)12-17-13(15)19-14(18-12)21-8-7-16-9-21/h3-9H,1-2H3,(H2,15,17,18,19). The van der Waals surface area contributed by atoms with Crippen LogP contribution in [0.25, 0.3) is 17.3 Å². The van der Waals surface area contributed by atoms with Crippen LogP contribution < -0.4 is 10.6 Å². The second kappa shape index (κ2) is 5.20. The molecular weight excluding hydrogens is 266 g/mol. The summed E-state index contributed by atoms with van der Waals surface area (Å²) in [5.41, 5.74) is 7.77. The first kappa shape index (κ1) is 13.0. The Morgan fingerprint density at radius 3 is 2.43 bits per heavy atom. The van der Waals surface area contributed by atoms with Crippen LogP contribution in [0.1, 0.15) is 0 Å². The van der Waals surface area contributed by atoms with Gasteiger partial charge in [-0.2, -0.15) is 15.0 Å². The lowest BCUT2D eigenvalue weighted by molar-refractivity contribution is 0.906. The van der Waals surface area contributed by atoms with Gasteiger partial charge in [-0.1, -0.05) is 0 Å². The maximum atomic E-state index is 5.78. The number of aromatic nitrogens is 5. The molecule has 0 aliphatic carbocycles.